The molecule has 0 aliphatic heterocycles. The van der Waals surface area contributed by atoms with Crippen molar-refractivity contribution in [3.05, 3.63) is 99.2 Å². The Morgan fingerprint density at radius 2 is 1.81 bits per heavy atom. The second-order valence-electron chi connectivity index (χ2n) is 7.45. The second kappa shape index (κ2) is 9.02. The molecule has 0 saturated heterocycles. The normalized spacial score (nSPS) is 12.0. The second-order valence-corrected chi connectivity index (χ2v) is 8.32. The number of halogens is 2. The van der Waals surface area contributed by atoms with Gasteiger partial charge in [-0.3, -0.25) is 9.48 Å². The Hall–Kier alpha value is -3.35. The van der Waals surface area contributed by atoms with Crippen molar-refractivity contribution in [2.45, 2.75) is 19.5 Å². The predicted octanol–water partition coefficient (Wildman–Crippen LogP) is 5.58. The number of benzene rings is 3. The maximum absolute atomic E-state index is 13.2. The standard InChI is InChI=1S/C24H19Cl2N3O3/c1-14(16-5-7-17(8-6-16)24(31)32)28-23(30)21-11-20(26)10-18-12-27-29(22(18)21)13-15-3-2-4-19(25)9-15/h2-12,14H,13H2,1H3,(H,28,30)(H,31,32). The Bertz CT molecular complexity index is 1320. The molecule has 162 valence electrons. The van der Waals surface area contributed by atoms with Gasteiger partial charge in [0.05, 0.1) is 35.4 Å². The fourth-order valence-corrected chi connectivity index (χ4v) is 4.01. The van der Waals surface area contributed by atoms with Crippen LogP contribution in [0.5, 0.6) is 0 Å². The summed E-state index contributed by atoms with van der Waals surface area (Å²) in [6, 6.07) is 16.9. The Morgan fingerprint density at radius 1 is 1.06 bits per heavy atom. The lowest BCUT2D eigenvalue weighted by molar-refractivity contribution is 0.0696. The lowest BCUT2D eigenvalue weighted by atomic mass is 10.0. The monoisotopic (exact) mass is 467 g/mol. The van der Waals surface area contributed by atoms with Gasteiger partial charge in [0.1, 0.15) is 0 Å². The van der Waals surface area contributed by atoms with Gasteiger partial charge in [-0.15, -0.1) is 0 Å². The van der Waals surface area contributed by atoms with Gasteiger partial charge in [0.25, 0.3) is 5.91 Å². The molecule has 3 aromatic carbocycles. The quantitative estimate of drug-likeness (QED) is 0.387. The van der Waals surface area contributed by atoms with Gasteiger partial charge in [0.15, 0.2) is 0 Å². The van der Waals surface area contributed by atoms with Crippen LogP contribution in [-0.2, 0) is 6.54 Å². The van der Waals surface area contributed by atoms with Gasteiger partial charge < -0.3 is 10.4 Å². The number of carboxylic acids is 1. The molecule has 4 rings (SSSR count). The molecule has 2 N–H and O–H groups in total. The Morgan fingerprint density at radius 3 is 2.50 bits per heavy atom. The van der Waals surface area contributed by atoms with Crippen molar-refractivity contribution < 1.29 is 14.7 Å². The van der Waals surface area contributed by atoms with Crippen LogP contribution in [0.4, 0.5) is 0 Å². The number of nitrogens with one attached hydrogen (secondary N) is 1. The predicted molar refractivity (Wildman–Crippen MR) is 125 cm³/mol. The van der Waals surface area contributed by atoms with Crippen LogP contribution in [0.1, 0.15) is 44.8 Å². The molecule has 8 heteroatoms. The summed E-state index contributed by atoms with van der Waals surface area (Å²) >= 11 is 12.4. The number of carboxylic acid groups (broad SMARTS) is 1. The number of hydrogen-bond acceptors (Lipinski definition) is 3. The van der Waals surface area contributed by atoms with E-state index in [2.05, 4.69) is 10.4 Å². The highest BCUT2D eigenvalue weighted by Crippen LogP contribution is 2.26. The highest BCUT2D eigenvalue weighted by atomic mass is 35.5. The molecule has 0 aliphatic carbocycles. The minimum atomic E-state index is -0.998. The molecule has 0 fully saturated rings. The molecule has 1 amide bonds. The average Bonchev–Trinajstić information content (AvgIpc) is 3.15. The third kappa shape index (κ3) is 4.61. The molecule has 4 aromatic rings. The van der Waals surface area contributed by atoms with Crippen molar-refractivity contribution in [3.63, 3.8) is 0 Å². The molecular weight excluding hydrogens is 449 g/mol. The molecule has 1 unspecified atom stereocenters. The van der Waals surface area contributed by atoms with E-state index in [4.69, 9.17) is 28.3 Å². The van der Waals surface area contributed by atoms with Crippen molar-refractivity contribution in [2.75, 3.05) is 0 Å². The topological polar surface area (TPSA) is 84.2 Å². The van der Waals surface area contributed by atoms with E-state index in [1.807, 2.05) is 25.1 Å². The summed E-state index contributed by atoms with van der Waals surface area (Å²) in [5.41, 5.74) is 3.00. The highest BCUT2D eigenvalue weighted by molar-refractivity contribution is 6.32. The number of aromatic nitrogens is 2. The molecule has 1 aromatic heterocycles. The zero-order valence-corrected chi connectivity index (χ0v) is 18.6. The Kier molecular flexibility index (Phi) is 6.17. The van der Waals surface area contributed by atoms with Crippen molar-refractivity contribution in [2.24, 2.45) is 0 Å². The zero-order valence-electron chi connectivity index (χ0n) is 17.0. The summed E-state index contributed by atoms with van der Waals surface area (Å²) in [7, 11) is 0. The molecule has 0 bridgehead atoms. The van der Waals surface area contributed by atoms with E-state index >= 15 is 0 Å². The number of amides is 1. The number of nitrogens with zero attached hydrogens (tertiary/aromatic N) is 2. The molecular formula is C24H19Cl2N3O3. The molecule has 1 atom stereocenters. The van der Waals surface area contributed by atoms with E-state index < -0.39 is 5.97 Å². The molecule has 0 spiro atoms. The van der Waals surface area contributed by atoms with E-state index in [9.17, 15) is 9.59 Å². The molecule has 32 heavy (non-hydrogen) atoms. The maximum atomic E-state index is 13.2. The SMILES string of the molecule is CC(NC(=O)c1cc(Cl)cc2cnn(Cc3cccc(Cl)c3)c12)c1ccc(C(=O)O)cc1. The van der Waals surface area contributed by atoms with Crippen molar-refractivity contribution in [3.8, 4) is 0 Å². The summed E-state index contributed by atoms with van der Waals surface area (Å²) in [5.74, 6) is -1.30. The van der Waals surface area contributed by atoms with Crippen LogP contribution < -0.4 is 5.32 Å². The maximum Gasteiger partial charge on any atom is 0.335 e. The minimum absolute atomic E-state index is 0.189. The third-order valence-corrected chi connectivity index (χ3v) is 5.62. The molecule has 0 saturated carbocycles. The molecule has 1 heterocycles. The van der Waals surface area contributed by atoms with Crippen molar-refractivity contribution >= 4 is 46.0 Å². The fraction of sp³-hybridized carbons (Fsp3) is 0.125. The third-order valence-electron chi connectivity index (χ3n) is 5.17. The first-order chi connectivity index (χ1) is 15.3. The van der Waals surface area contributed by atoms with E-state index in [1.165, 1.54) is 12.1 Å². The lowest BCUT2D eigenvalue weighted by Crippen LogP contribution is -2.27. The van der Waals surface area contributed by atoms with Crippen LogP contribution in [0.3, 0.4) is 0 Å². The van der Waals surface area contributed by atoms with Crippen LogP contribution >= 0.6 is 23.2 Å². The van der Waals surface area contributed by atoms with Crippen molar-refractivity contribution in [1.82, 2.24) is 15.1 Å². The van der Waals surface area contributed by atoms with Crippen LogP contribution in [0.2, 0.25) is 10.0 Å². The number of carbonyl (C=O) groups excluding carboxylic acids is 1. The fourth-order valence-electron chi connectivity index (χ4n) is 3.57. The summed E-state index contributed by atoms with van der Waals surface area (Å²) < 4.78 is 1.75. The van der Waals surface area contributed by atoms with E-state index in [0.29, 0.717) is 27.7 Å². The molecule has 0 aliphatic rings. The number of hydrogen-bond donors (Lipinski definition) is 2. The van der Waals surface area contributed by atoms with E-state index in [-0.39, 0.29) is 17.5 Å². The lowest BCUT2D eigenvalue weighted by Gasteiger charge is -2.16. The van der Waals surface area contributed by atoms with Crippen molar-refractivity contribution in [1.29, 1.82) is 0 Å². The number of aromatic carboxylic acids is 1. The first-order valence-electron chi connectivity index (χ1n) is 9.85. The first kappa shape index (κ1) is 21.9. The van der Waals surface area contributed by atoms with Crippen LogP contribution in [0, 0.1) is 0 Å². The van der Waals surface area contributed by atoms with Crippen LogP contribution in [-0.4, -0.2) is 26.8 Å². The van der Waals surface area contributed by atoms with Gasteiger partial charge in [-0.1, -0.05) is 47.5 Å². The van der Waals surface area contributed by atoms with E-state index in [0.717, 1.165) is 16.5 Å². The number of fused-ring (bicyclic) bond motifs is 1. The molecule has 0 radical (unpaired) electrons. The molecule has 6 nitrogen and oxygen atoms in total. The Labute approximate surface area is 194 Å². The van der Waals surface area contributed by atoms with Gasteiger partial charge in [-0.25, -0.2) is 4.79 Å². The van der Waals surface area contributed by atoms with Crippen LogP contribution in [0.25, 0.3) is 10.9 Å². The van der Waals surface area contributed by atoms with Gasteiger partial charge in [0, 0.05) is 15.4 Å². The first-order valence-corrected chi connectivity index (χ1v) is 10.6. The largest absolute Gasteiger partial charge is 0.478 e. The average molecular weight is 468 g/mol. The zero-order chi connectivity index (χ0) is 22.8. The van der Waals surface area contributed by atoms with Gasteiger partial charge in [-0.2, -0.15) is 5.10 Å². The Balaban J connectivity index is 1.64. The summed E-state index contributed by atoms with van der Waals surface area (Å²) in [6.07, 6.45) is 1.68. The van der Waals surface area contributed by atoms with Gasteiger partial charge in [-0.05, 0) is 54.4 Å². The summed E-state index contributed by atoms with van der Waals surface area (Å²) in [4.78, 5) is 24.3. The van der Waals surface area contributed by atoms with Gasteiger partial charge >= 0.3 is 5.97 Å². The number of carbonyl (C=O) groups is 2. The van der Waals surface area contributed by atoms with Gasteiger partial charge in [0.2, 0.25) is 0 Å². The summed E-state index contributed by atoms with van der Waals surface area (Å²) in [6.45, 7) is 2.27. The van der Waals surface area contributed by atoms with E-state index in [1.54, 1.807) is 41.2 Å². The minimum Gasteiger partial charge on any atom is -0.478 e. The number of rotatable bonds is 6. The van der Waals surface area contributed by atoms with Crippen LogP contribution in [0.15, 0.2) is 66.9 Å². The summed E-state index contributed by atoms with van der Waals surface area (Å²) in [5, 5.41) is 18.3. The smallest absolute Gasteiger partial charge is 0.335 e. The highest BCUT2D eigenvalue weighted by Gasteiger charge is 2.19.